The summed E-state index contributed by atoms with van der Waals surface area (Å²) in [5, 5.41) is 11.9. The van der Waals surface area contributed by atoms with Crippen LogP contribution in [0.5, 0.6) is 11.5 Å². The van der Waals surface area contributed by atoms with Crippen molar-refractivity contribution in [1.82, 2.24) is 29.5 Å². The molecule has 4 aromatic carbocycles. The van der Waals surface area contributed by atoms with E-state index >= 15 is 0 Å². The Morgan fingerprint density at radius 1 is 0.467 bits per heavy atom. The molecular weight excluding hydrogens is 1070 g/mol. The lowest BCUT2D eigenvalue weighted by molar-refractivity contribution is -0.137. The smallest absolute Gasteiger partial charge is 0.303 e. The zero-order valence-electron chi connectivity index (χ0n) is 40.3. The molecule has 10 nitrogen and oxygen atoms in total. The first-order chi connectivity index (χ1) is 36.5. The number of halogens is 6. The number of aromatic nitrogens is 6. The maximum absolute atomic E-state index is 11.3. The lowest BCUT2D eigenvalue weighted by Gasteiger charge is -2.18. The third-order valence-electron chi connectivity index (χ3n) is 13.1. The molecule has 16 heteroatoms. The van der Waals surface area contributed by atoms with Gasteiger partial charge in [0.15, 0.2) is 0 Å². The third-order valence-corrected chi connectivity index (χ3v) is 14.9. The molecule has 10 rings (SSSR count). The normalized spacial score (nSPS) is 11.9. The predicted octanol–water partition coefficient (Wildman–Crippen LogP) is 18.1. The molecule has 0 unspecified atom stereocenters. The highest BCUT2D eigenvalue weighted by Gasteiger charge is 2.26. The van der Waals surface area contributed by atoms with Crippen molar-refractivity contribution in [3.05, 3.63) is 169 Å². The molecule has 2 aliphatic heterocycles. The summed E-state index contributed by atoms with van der Waals surface area (Å²) in [5.41, 5.74) is 9.94. The molecule has 0 radical (unpaired) electrons. The number of carbonyl (C=O) groups is 1. The van der Waals surface area contributed by atoms with Gasteiger partial charge in [-0.05, 0) is 129 Å². The summed E-state index contributed by atoms with van der Waals surface area (Å²) in [6.45, 7) is 1.69. The van der Waals surface area contributed by atoms with Crippen molar-refractivity contribution in [2.75, 3.05) is 13.2 Å². The summed E-state index contributed by atoms with van der Waals surface area (Å²) < 4.78 is 15.6. The van der Waals surface area contributed by atoms with Crippen molar-refractivity contribution < 1.29 is 19.4 Å². The van der Waals surface area contributed by atoms with Crippen molar-refractivity contribution in [2.45, 2.75) is 57.9 Å². The molecule has 2 aliphatic rings. The zero-order valence-corrected chi connectivity index (χ0v) is 44.8. The molecule has 0 fully saturated rings. The molecule has 4 aromatic heterocycles. The van der Waals surface area contributed by atoms with E-state index in [0.29, 0.717) is 163 Å². The number of rotatable bonds is 19. The second-order valence-electron chi connectivity index (χ2n) is 18.0. The number of hydrogen-bond donors (Lipinski definition) is 3. The van der Waals surface area contributed by atoms with Crippen LogP contribution in [0.2, 0.25) is 30.1 Å². The standard InChI is InChI=1S/C59H48Cl6N6O4/c60-35-12-8-13-36(61)52(35)55-41-21-23-43(67-41)56(53-37(62)14-9-15-38(53)63)45-25-27-47(69-45)58(48-28-26-46(70-48)57(44-24-22-42(55)68-44)54-39(64)16-10-17-40(54)65)59-49(74-32-6-2-1-5-30-71-31-29-66-34-71)18-11-19-50(59)75-33-7-3-4-20-51(72)73/h8-19,21-29,31,34,67,70H,1-7,20,30,32-33H2,(H,72,73). The van der Waals surface area contributed by atoms with Crippen LogP contribution < -0.4 is 9.47 Å². The average molecular weight is 1120 g/mol. The molecule has 0 saturated carbocycles. The van der Waals surface area contributed by atoms with E-state index in [4.69, 9.17) is 89.0 Å². The Balaban J connectivity index is 1.25. The third kappa shape index (κ3) is 11.4. The van der Waals surface area contributed by atoms with Crippen molar-refractivity contribution in [3.63, 3.8) is 0 Å². The Morgan fingerprint density at radius 2 is 0.840 bits per heavy atom. The van der Waals surface area contributed by atoms with Crippen LogP contribution >= 0.6 is 69.6 Å². The van der Waals surface area contributed by atoms with Gasteiger partial charge in [0, 0.05) is 86.4 Å². The number of carboxylic acid groups (broad SMARTS) is 1. The molecule has 75 heavy (non-hydrogen) atoms. The van der Waals surface area contributed by atoms with Gasteiger partial charge in [-0.3, -0.25) is 4.79 Å². The summed E-state index contributed by atoms with van der Waals surface area (Å²) in [6.07, 6.45) is 19.2. The lowest BCUT2D eigenvalue weighted by atomic mass is 10.0. The Morgan fingerprint density at radius 3 is 1.23 bits per heavy atom. The molecule has 3 N–H and O–H groups in total. The number of nitrogens with zero attached hydrogens (tertiary/aromatic N) is 4. The molecule has 8 bridgehead atoms. The van der Waals surface area contributed by atoms with Gasteiger partial charge in [-0.25, -0.2) is 15.0 Å². The van der Waals surface area contributed by atoms with Crippen LogP contribution in [0, 0.1) is 0 Å². The monoisotopic (exact) mass is 1110 g/mol. The van der Waals surface area contributed by atoms with Gasteiger partial charge < -0.3 is 29.1 Å². The van der Waals surface area contributed by atoms with E-state index in [1.54, 1.807) is 60.8 Å². The number of carboxylic acids is 1. The molecule has 0 saturated heterocycles. The average Bonchev–Trinajstić information content (AvgIpc) is 4.28. The molecule has 0 aliphatic carbocycles. The van der Waals surface area contributed by atoms with Gasteiger partial charge in [0.05, 0.1) is 78.0 Å². The second kappa shape index (κ2) is 23.6. The van der Waals surface area contributed by atoms with Gasteiger partial charge in [-0.2, -0.15) is 0 Å². The van der Waals surface area contributed by atoms with Crippen LogP contribution in [0.15, 0.2) is 116 Å². The second-order valence-corrected chi connectivity index (χ2v) is 20.5. The number of aryl methyl sites for hydroxylation is 1. The molecular formula is C59H48Cl6N6O4. The van der Waals surface area contributed by atoms with Crippen LogP contribution in [0.25, 0.3) is 90.9 Å². The quantitative estimate of drug-likeness (QED) is 0.0687. The van der Waals surface area contributed by atoms with Crippen LogP contribution in [0.1, 0.15) is 74.1 Å². The number of aliphatic carboxylic acids is 1. The van der Waals surface area contributed by atoms with Gasteiger partial charge in [0.25, 0.3) is 0 Å². The number of aromatic amines is 2. The van der Waals surface area contributed by atoms with Crippen LogP contribution in [-0.2, 0) is 11.3 Å². The number of imidazole rings is 1. The van der Waals surface area contributed by atoms with E-state index in [1.807, 2.05) is 79.3 Å². The van der Waals surface area contributed by atoms with E-state index in [0.717, 1.165) is 32.2 Å². The Labute approximate surface area is 463 Å². The molecule has 0 spiro atoms. The van der Waals surface area contributed by atoms with Gasteiger partial charge in [0.1, 0.15) is 11.5 Å². The fourth-order valence-corrected chi connectivity index (χ4v) is 11.3. The van der Waals surface area contributed by atoms with Gasteiger partial charge in [-0.1, -0.05) is 107 Å². The van der Waals surface area contributed by atoms with E-state index in [1.165, 1.54) is 0 Å². The zero-order chi connectivity index (χ0) is 52.0. The summed E-state index contributed by atoms with van der Waals surface area (Å²) in [6, 6.07) is 29.9. The largest absolute Gasteiger partial charge is 0.493 e. The van der Waals surface area contributed by atoms with Crippen molar-refractivity contribution >= 4 is 122 Å². The fraction of sp³-hybridized carbons (Fsp3) is 0.186. The SMILES string of the molecule is O=C(O)CCCCCOc1cccc(OCCCCCCn2ccnc2)c1-c1c2nc(c(-c3c(Cl)cccc3Cl)c3ccc([nH]3)c(-c3c(Cl)cccc3Cl)c3nc(c(-c4c(Cl)cccc4Cl)c4ccc1[nH]4)C=C3)C=C2. The van der Waals surface area contributed by atoms with Gasteiger partial charge in [-0.15, -0.1) is 0 Å². The molecule has 6 heterocycles. The molecule has 0 amide bonds. The topological polar surface area (TPSA) is 131 Å². The highest BCUT2D eigenvalue weighted by molar-refractivity contribution is 6.41. The summed E-state index contributed by atoms with van der Waals surface area (Å²) >= 11 is 42.6. The van der Waals surface area contributed by atoms with Crippen molar-refractivity contribution in [3.8, 4) is 56.0 Å². The van der Waals surface area contributed by atoms with Crippen LogP contribution in [0.4, 0.5) is 0 Å². The van der Waals surface area contributed by atoms with Gasteiger partial charge >= 0.3 is 5.97 Å². The first-order valence-electron chi connectivity index (χ1n) is 24.6. The maximum atomic E-state index is 11.3. The number of ether oxygens (including phenoxy) is 2. The lowest BCUT2D eigenvalue weighted by Crippen LogP contribution is -2.04. The van der Waals surface area contributed by atoms with Crippen molar-refractivity contribution in [2.24, 2.45) is 0 Å². The highest BCUT2D eigenvalue weighted by Crippen LogP contribution is 2.47. The highest BCUT2D eigenvalue weighted by atomic mass is 35.5. The number of unbranched alkanes of at least 4 members (excludes halogenated alkanes) is 5. The van der Waals surface area contributed by atoms with E-state index in [2.05, 4.69) is 19.5 Å². The van der Waals surface area contributed by atoms with E-state index in [9.17, 15) is 9.90 Å². The first kappa shape index (κ1) is 52.0. The minimum Gasteiger partial charge on any atom is -0.493 e. The Kier molecular flexibility index (Phi) is 16.3. The number of benzene rings is 4. The maximum Gasteiger partial charge on any atom is 0.303 e. The Bertz CT molecular complexity index is 3570. The molecule has 0 atom stereocenters. The van der Waals surface area contributed by atoms with Crippen LogP contribution in [-0.4, -0.2) is 53.8 Å². The van der Waals surface area contributed by atoms with E-state index < -0.39 is 5.97 Å². The predicted molar refractivity (Wildman–Crippen MR) is 308 cm³/mol. The van der Waals surface area contributed by atoms with Gasteiger partial charge in [0.2, 0.25) is 0 Å². The first-order valence-corrected chi connectivity index (χ1v) is 26.9. The minimum atomic E-state index is -0.824. The summed E-state index contributed by atoms with van der Waals surface area (Å²) in [5.74, 6) is 0.331. The summed E-state index contributed by atoms with van der Waals surface area (Å²) in [4.78, 5) is 33.8. The Hall–Kier alpha value is -6.50. The van der Waals surface area contributed by atoms with Crippen molar-refractivity contribution in [1.29, 1.82) is 0 Å². The molecule has 8 aromatic rings. The number of hydrogen-bond acceptors (Lipinski definition) is 6. The van der Waals surface area contributed by atoms with Crippen LogP contribution in [0.3, 0.4) is 0 Å². The number of H-pyrrole nitrogens is 2. The minimum absolute atomic E-state index is 0.0908. The number of fused-ring (bicyclic) bond motifs is 8. The van der Waals surface area contributed by atoms with E-state index in [-0.39, 0.29) is 6.42 Å². The summed E-state index contributed by atoms with van der Waals surface area (Å²) in [7, 11) is 0. The fourth-order valence-electron chi connectivity index (χ4n) is 9.55. The number of nitrogens with one attached hydrogen (secondary N) is 2. The molecule has 380 valence electrons.